The monoisotopic (exact) mass is 515 g/mol. The van der Waals surface area contributed by atoms with Crippen LogP contribution in [0.25, 0.3) is 0 Å². The van der Waals surface area contributed by atoms with E-state index in [1.807, 2.05) is 25.2 Å². The highest BCUT2D eigenvalue weighted by Gasteiger charge is 2.31. The van der Waals surface area contributed by atoms with Crippen molar-refractivity contribution >= 4 is 35.8 Å². The summed E-state index contributed by atoms with van der Waals surface area (Å²) in [5.41, 5.74) is 1.34. The molecule has 1 unspecified atom stereocenters. The van der Waals surface area contributed by atoms with Crippen molar-refractivity contribution in [1.82, 2.24) is 20.1 Å². The third-order valence-electron chi connectivity index (χ3n) is 5.49. The minimum atomic E-state index is 0. The second kappa shape index (κ2) is 13.0. The van der Waals surface area contributed by atoms with E-state index in [1.165, 1.54) is 25.7 Å². The molecular weight excluding hydrogens is 477 g/mol. The molecule has 0 aliphatic carbocycles. The Labute approximate surface area is 193 Å². The van der Waals surface area contributed by atoms with Crippen LogP contribution in [0.5, 0.6) is 0 Å². The molecule has 1 amide bonds. The van der Waals surface area contributed by atoms with E-state index in [-0.39, 0.29) is 36.4 Å². The molecule has 0 radical (unpaired) electrons. The normalized spacial score (nSPS) is 19.4. The number of carbonyl (C=O) groups excluding carboxylic acids is 1. The molecule has 7 heteroatoms. The molecule has 164 valence electrons. The number of carbonyl (C=O) groups is 1. The number of aromatic nitrogens is 1. The number of guanidine groups is 1. The van der Waals surface area contributed by atoms with Crippen molar-refractivity contribution < 1.29 is 4.79 Å². The highest BCUT2D eigenvalue weighted by Crippen LogP contribution is 2.33. The van der Waals surface area contributed by atoms with Crippen LogP contribution in [0.1, 0.15) is 52.1 Å². The molecule has 1 N–H and O–H groups in total. The first kappa shape index (κ1) is 25.7. The molecule has 6 nitrogen and oxygen atoms in total. The molecule has 0 saturated carbocycles. The molecule has 1 aromatic rings. The number of nitrogens with one attached hydrogen (secondary N) is 1. The second-order valence-electron chi connectivity index (χ2n) is 8.14. The van der Waals surface area contributed by atoms with Gasteiger partial charge in [0.1, 0.15) is 6.54 Å². The van der Waals surface area contributed by atoms with Crippen LogP contribution in [0.4, 0.5) is 0 Å². The molecule has 1 aliphatic rings. The summed E-state index contributed by atoms with van der Waals surface area (Å²) in [5.74, 6) is 0.913. The summed E-state index contributed by atoms with van der Waals surface area (Å²) in [6.07, 6.45) is 7.43. The van der Waals surface area contributed by atoms with Gasteiger partial charge in [0.15, 0.2) is 5.96 Å². The van der Waals surface area contributed by atoms with E-state index in [4.69, 9.17) is 0 Å². The predicted octanol–water partition coefficient (Wildman–Crippen LogP) is 3.57. The summed E-state index contributed by atoms with van der Waals surface area (Å²) < 4.78 is 0. The van der Waals surface area contributed by atoms with Crippen molar-refractivity contribution in [2.24, 2.45) is 10.4 Å². The lowest BCUT2D eigenvalue weighted by molar-refractivity contribution is -0.128. The number of aliphatic imine (C=N–C) groups is 1. The van der Waals surface area contributed by atoms with Crippen LogP contribution in [-0.2, 0) is 11.2 Å². The standard InChI is InChI=1S/C22H37N5O.HI/c1-5-12-22(3)13-9-15-27(18-22)21(23-6-2)25-17-20(28)26(4)16-11-19-10-7-8-14-24-19;/h7-8,10,14H,5-6,9,11-13,15-18H2,1-4H3,(H,23,25);1H. The minimum absolute atomic E-state index is 0. The predicted molar refractivity (Wildman–Crippen MR) is 131 cm³/mol. The Morgan fingerprint density at radius 2 is 2.17 bits per heavy atom. The average molecular weight is 515 g/mol. The van der Waals surface area contributed by atoms with Gasteiger partial charge in [-0.2, -0.15) is 0 Å². The first-order chi connectivity index (χ1) is 13.5. The maximum Gasteiger partial charge on any atom is 0.244 e. The molecule has 1 atom stereocenters. The quantitative estimate of drug-likeness (QED) is 0.327. The molecule has 2 rings (SSSR count). The minimum Gasteiger partial charge on any atom is -0.357 e. The lowest BCUT2D eigenvalue weighted by Gasteiger charge is -2.42. The Morgan fingerprint density at radius 1 is 1.38 bits per heavy atom. The van der Waals surface area contributed by atoms with E-state index in [1.54, 1.807) is 11.1 Å². The van der Waals surface area contributed by atoms with Gasteiger partial charge in [-0.1, -0.05) is 26.3 Å². The summed E-state index contributed by atoms with van der Waals surface area (Å²) in [4.78, 5) is 25.6. The molecule has 0 aromatic carbocycles. The van der Waals surface area contributed by atoms with Crippen molar-refractivity contribution in [2.45, 2.75) is 52.9 Å². The zero-order valence-corrected chi connectivity index (χ0v) is 20.8. The second-order valence-corrected chi connectivity index (χ2v) is 8.14. The molecule has 1 aromatic heterocycles. The fourth-order valence-electron chi connectivity index (χ4n) is 3.95. The summed E-state index contributed by atoms with van der Waals surface area (Å²) in [6.45, 7) is 10.4. The summed E-state index contributed by atoms with van der Waals surface area (Å²) in [6, 6.07) is 5.87. The number of nitrogens with zero attached hydrogens (tertiary/aromatic N) is 4. The average Bonchev–Trinajstić information content (AvgIpc) is 2.69. The number of amides is 1. The van der Waals surface area contributed by atoms with Crippen LogP contribution in [0.3, 0.4) is 0 Å². The van der Waals surface area contributed by atoms with Gasteiger partial charge >= 0.3 is 0 Å². The third-order valence-corrected chi connectivity index (χ3v) is 5.49. The SMILES string of the molecule is CCCC1(C)CCCN(C(=NCC(=O)N(C)CCc2ccccn2)NCC)C1.I. The third kappa shape index (κ3) is 8.48. The van der Waals surface area contributed by atoms with E-state index in [0.29, 0.717) is 12.0 Å². The van der Waals surface area contributed by atoms with Crippen LogP contribution < -0.4 is 5.32 Å². The molecule has 1 fully saturated rings. The Kier molecular flexibility index (Phi) is 11.5. The van der Waals surface area contributed by atoms with Crippen LogP contribution >= 0.6 is 24.0 Å². The van der Waals surface area contributed by atoms with E-state index < -0.39 is 0 Å². The van der Waals surface area contributed by atoms with Crippen LogP contribution in [0, 0.1) is 5.41 Å². The molecule has 29 heavy (non-hydrogen) atoms. The van der Waals surface area contributed by atoms with Crippen molar-refractivity contribution in [1.29, 1.82) is 0 Å². The van der Waals surface area contributed by atoms with Gasteiger partial charge in [-0.05, 0) is 43.7 Å². The van der Waals surface area contributed by atoms with E-state index in [9.17, 15) is 4.79 Å². The Bertz CT molecular complexity index is 635. The Morgan fingerprint density at radius 3 is 2.83 bits per heavy atom. The van der Waals surface area contributed by atoms with Crippen LogP contribution in [0.2, 0.25) is 0 Å². The maximum absolute atomic E-state index is 12.5. The number of halogens is 1. The molecule has 1 saturated heterocycles. The van der Waals surface area contributed by atoms with Crippen LogP contribution in [-0.4, -0.2) is 66.4 Å². The van der Waals surface area contributed by atoms with Crippen molar-refractivity contribution in [3.8, 4) is 0 Å². The lowest BCUT2D eigenvalue weighted by atomic mass is 9.78. The Balaban J connectivity index is 0.00000420. The molecule has 0 bridgehead atoms. The van der Waals surface area contributed by atoms with E-state index in [0.717, 1.165) is 37.7 Å². The lowest BCUT2D eigenvalue weighted by Crippen LogP contribution is -2.50. The van der Waals surface area contributed by atoms with Crippen molar-refractivity contribution in [3.63, 3.8) is 0 Å². The van der Waals surface area contributed by atoms with Gasteiger partial charge in [-0.15, -0.1) is 24.0 Å². The van der Waals surface area contributed by atoms with Gasteiger partial charge in [0, 0.05) is 51.5 Å². The van der Waals surface area contributed by atoms with E-state index >= 15 is 0 Å². The van der Waals surface area contributed by atoms with Gasteiger partial charge in [-0.3, -0.25) is 9.78 Å². The number of hydrogen-bond acceptors (Lipinski definition) is 3. The first-order valence-electron chi connectivity index (χ1n) is 10.6. The number of piperidine rings is 1. The summed E-state index contributed by atoms with van der Waals surface area (Å²) >= 11 is 0. The zero-order chi connectivity index (χ0) is 20.4. The fraction of sp³-hybridized carbons (Fsp3) is 0.682. The summed E-state index contributed by atoms with van der Waals surface area (Å²) in [5, 5.41) is 3.38. The van der Waals surface area contributed by atoms with Gasteiger partial charge in [0.2, 0.25) is 5.91 Å². The van der Waals surface area contributed by atoms with Crippen molar-refractivity contribution in [3.05, 3.63) is 30.1 Å². The largest absolute Gasteiger partial charge is 0.357 e. The zero-order valence-electron chi connectivity index (χ0n) is 18.5. The molecule has 1 aliphatic heterocycles. The molecule has 0 spiro atoms. The molecular formula is C22H38IN5O. The topological polar surface area (TPSA) is 60.8 Å². The Hall–Kier alpha value is -1.38. The number of pyridine rings is 1. The fourth-order valence-corrected chi connectivity index (χ4v) is 3.95. The first-order valence-corrected chi connectivity index (χ1v) is 10.6. The van der Waals surface area contributed by atoms with Gasteiger partial charge in [0.25, 0.3) is 0 Å². The number of hydrogen-bond donors (Lipinski definition) is 1. The van der Waals surface area contributed by atoms with Gasteiger partial charge in [-0.25, -0.2) is 4.99 Å². The number of likely N-dealkylation sites (N-methyl/N-ethyl adjacent to an activating group) is 1. The van der Waals surface area contributed by atoms with Crippen LogP contribution in [0.15, 0.2) is 29.4 Å². The summed E-state index contributed by atoms with van der Waals surface area (Å²) in [7, 11) is 1.84. The van der Waals surface area contributed by atoms with E-state index in [2.05, 4.69) is 41.0 Å². The smallest absolute Gasteiger partial charge is 0.244 e. The number of rotatable bonds is 8. The highest BCUT2D eigenvalue weighted by atomic mass is 127. The van der Waals surface area contributed by atoms with Crippen molar-refractivity contribution in [2.75, 3.05) is 39.8 Å². The van der Waals surface area contributed by atoms with Gasteiger partial charge in [0.05, 0.1) is 0 Å². The van der Waals surface area contributed by atoms with Gasteiger partial charge < -0.3 is 15.1 Å². The maximum atomic E-state index is 12.5. The molecule has 2 heterocycles. The highest BCUT2D eigenvalue weighted by molar-refractivity contribution is 14.0. The number of likely N-dealkylation sites (tertiary alicyclic amines) is 1.